The molecule has 0 N–H and O–H groups in total. The van der Waals surface area contributed by atoms with Crippen molar-refractivity contribution in [2.24, 2.45) is 27.6 Å². The van der Waals surface area contributed by atoms with Crippen molar-refractivity contribution >= 4 is 0 Å². The van der Waals surface area contributed by atoms with Crippen molar-refractivity contribution in [1.29, 1.82) is 0 Å². The Morgan fingerprint density at radius 3 is 2.22 bits per heavy atom. The Bertz CT molecular complexity index is 846. The van der Waals surface area contributed by atoms with Crippen molar-refractivity contribution in [3.05, 3.63) is 71.4 Å². The van der Waals surface area contributed by atoms with Crippen LogP contribution in [0.15, 0.2) is 71.4 Å². The molecule has 0 nitrogen and oxygen atoms in total. The van der Waals surface area contributed by atoms with E-state index in [1.807, 2.05) is 0 Å². The Kier molecular flexibility index (Phi) is 8.13. The van der Waals surface area contributed by atoms with Crippen LogP contribution in [0.3, 0.4) is 0 Å². The molecule has 0 saturated heterocycles. The van der Waals surface area contributed by atoms with Crippen molar-refractivity contribution in [2.75, 3.05) is 0 Å². The molecule has 2 atom stereocenters. The largest absolute Gasteiger partial charge is 0.0915 e. The summed E-state index contributed by atoms with van der Waals surface area (Å²) in [6.45, 7) is 28.5. The fraction of sp³-hybridized carbons (Fsp3) is 0.625. The molecule has 0 aromatic heterocycles. The molecule has 2 aliphatic rings. The summed E-state index contributed by atoms with van der Waals surface area (Å²) in [6, 6.07) is 0. The van der Waals surface area contributed by atoms with Crippen molar-refractivity contribution in [1.82, 2.24) is 0 Å². The normalized spacial score (nSPS) is 25.3. The maximum absolute atomic E-state index is 4.59. The van der Waals surface area contributed by atoms with Crippen LogP contribution >= 0.6 is 0 Å². The molecule has 2 unspecified atom stereocenters. The van der Waals surface area contributed by atoms with Crippen LogP contribution in [0.5, 0.6) is 0 Å². The Morgan fingerprint density at radius 1 is 1.03 bits per heavy atom. The van der Waals surface area contributed by atoms with E-state index in [1.165, 1.54) is 36.8 Å². The van der Waals surface area contributed by atoms with Crippen LogP contribution in [0.1, 0.15) is 101 Å². The van der Waals surface area contributed by atoms with E-state index in [9.17, 15) is 0 Å². The monoisotopic (exact) mass is 434 g/mol. The van der Waals surface area contributed by atoms with Gasteiger partial charge in [-0.05, 0) is 83.8 Å². The summed E-state index contributed by atoms with van der Waals surface area (Å²) in [5.41, 5.74) is 6.62. The van der Waals surface area contributed by atoms with E-state index in [0.29, 0.717) is 5.92 Å². The van der Waals surface area contributed by atoms with Crippen molar-refractivity contribution in [2.45, 2.75) is 101 Å². The Balaban J connectivity index is 2.77. The maximum Gasteiger partial charge on any atom is -0.00236 e. The third-order valence-electron chi connectivity index (χ3n) is 8.87. The number of hydrogen-bond donors (Lipinski definition) is 0. The van der Waals surface area contributed by atoms with Crippen molar-refractivity contribution in [3.63, 3.8) is 0 Å². The summed E-state index contributed by atoms with van der Waals surface area (Å²) < 4.78 is 0. The second kappa shape index (κ2) is 9.74. The summed E-state index contributed by atoms with van der Waals surface area (Å²) in [6.07, 6.45) is 22.0. The van der Waals surface area contributed by atoms with Crippen molar-refractivity contribution < 1.29 is 0 Å². The quantitative estimate of drug-likeness (QED) is 0.263. The fourth-order valence-electron chi connectivity index (χ4n) is 6.21. The molecule has 0 fully saturated rings. The molecule has 178 valence electrons. The highest BCUT2D eigenvalue weighted by Gasteiger charge is 2.50. The van der Waals surface area contributed by atoms with Gasteiger partial charge in [0, 0.05) is 0 Å². The maximum atomic E-state index is 4.59. The molecule has 0 heterocycles. The van der Waals surface area contributed by atoms with Gasteiger partial charge in [-0.2, -0.15) is 0 Å². The smallest absolute Gasteiger partial charge is 0.00236 e. The molecule has 0 radical (unpaired) electrons. The zero-order valence-electron chi connectivity index (χ0n) is 22.9. The molecule has 32 heavy (non-hydrogen) atoms. The van der Waals surface area contributed by atoms with Gasteiger partial charge in [0.05, 0.1) is 0 Å². The van der Waals surface area contributed by atoms with E-state index in [0.717, 1.165) is 6.42 Å². The first kappa shape index (κ1) is 26.7. The molecule has 0 amide bonds. The highest BCUT2D eigenvalue weighted by Crippen LogP contribution is 2.60. The Hall–Kier alpha value is -1.56. The highest BCUT2D eigenvalue weighted by molar-refractivity contribution is 5.53. The van der Waals surface area contributed by atoms with Gasteiger partial charge in [-0.25, -0.2) is 0 Å². The summed E-state index contributed by atoms with van der Waals surface area (Å²) in [5, 5.41) is 0. The van der Waals surface area contributed by atoms with Crippen LogP contribution in [0.25, 0.3) is 0 Å². The molecule has 0 spiro atoms. The lowest BCUT2D eigenvalue weighted by atomic mass is 9.50. The van der Waals surface area contributed by atoms with Crippen LogP contribution < -0.4 is 0 Å². The SMILES string of the molecule is C=C(/C=C\C=C/C)C1=CC2=C(CC1C(C)(C=CC)C(C)(C)CCC)C(C)(C)CCC2(C)C. The predicted molar refractivity (Wildman–Crippen MR) is 145 cm³/mol. The predicted octanol–water partition coefficient (Wildman–Crippen LogP) is 10.2. The fourth-order valence-corrected chi connectivity index (χ4v) is 6.21. The Labute approximate surface area is 200 Å². The second-order valence-electron chi connectivity index (χ2n) is 12.3. The van der Waals surface area contributed by atoms with Crippen LogP contribution in [0, 0.1) is 27.6 Å². The number of rotatable bonds is 8. The van der Waals surface area contributed by atoms with Gasteiger partial charge in [0.1, 0.15) is 0 Å². The average Bonchev–Trinajstić information content (AvgIpc) is 2.70. The third kappa shape index (κ3) is 5.00. The molecule has 0 aliphatic heterocycles. The molecule has 0 saturated carbocycles. The lowest BCUT2D eigenvalue weighted by Crippen LogP contribution is -2.44. The molecule has 0 aromatic rings. The summed E-state index contributed by atoms with van der Waals surface area (Å²) in [7, 11) is 0. The summed E-state index contributed by atoms with van der Waals surface area (Å²) in [5.74, 6) is 0.426. The molecule has 0 heteroatoms. The molecule has 2 rings (SSSR count). The highest BCUT2D eigenvalue weighted by atomic mass is 14.5. The van der Waals surface area contributed by atoms with Gasteiger partial charge in [0.25, 0.3) is 0 Å². The molecule has 0 bridgehead atoms. The van der Waals surface area contributed by atoms with E-state index in [2.05, 4.69) is 118 Å². The first-order valence-corrected chi connectivity index (χ1v) is 12.9. The van der Waals surface area contributed by atoms with E-state index >= 15 is 0 Å². The van der Waals surface area contributed by atoms with Gasteiger partial charge in [-0.1, -0.05) is 116 Å². The first-order chi connectivity index (χ1) is 14.8. The average molecular weight is 435 g/mol. The van der Waals surface area contributed by atoms with Gasteiger partial charge in [0.2, 0.25) is 0 Å². The molecule has 0 aromatic carbocycles. The second-order valence-corrected chi connectivity index (χ2v) is 12.3. The topological polar surface area (TPSA) is 0 Å². The summed E-state index contributed by atoms with van der Waals surface area (Å²) in [4.78, 5) is 0. The molecule has 2 aliphatic carbocycles. The minimum atomic E-state index is 0.0527. The van der Waals surface area contributed by atoms with Crippen LogP contribution in [0.4, 0.5) is 0 Å². The molecular formula is C32H50. The van der Waals surface area contributed by atoms with Gasteiger partial charge in [0.15, 0.2) is 0 Å². The van der Waals surface area contributed by atoms with E-state index < -0.39 is 0 Å². The molecular weight excluding hydrogens is 384 g/mol. The standard InChI is InChI=1S/C32H50/c1-12-15-16-17-24(4)25-22-27-28(30(7,8)21-20-29(27,5)6)23-26(25)32(11,19-14-3)31(9,10)18-13-2/h12,14-17,19,22,26H,4,13,18,20-21,23H2,1-3,5-11H3/b15-12-,17-16-,19-14?. The van der Waals surface area contributed by atoms with Crippen molar-refractivity contribution in [3.8, 4) is 0 Å². The van der Waals surface area contributed by atoms with E-state index in [-0.39, 0.29) is 21.7 Å². The lowest BCUT2D eigenvalue weighted by Gasteiger charge is -2.54. The third-order valence-corrected chi connectivity index (χ3v) is 8.87. The van der Waals surface area contributed by atoms with E-state index in [4.69, 9.17) is 0 Å². The van der Waals surface area contributed by atoms with E-state index in [1.54, 1.807) is 11.1 Å². The minimum Gasteiger partial charge on any atom is -0.0915 e. The Morgan fingerprint density at radius 2 is 1.66 bits per heavy atom. The van der Waals surface area contributed by atoms with Crippen LogP contribution in [-0.2, 0) is 0 Å². The zero-order valence-corrected chi connectivity index (χ0v) is 22.9. The lowest BCUT2D eigenvalue weighted by molar-refractivity contribution is 0.0722. The van der Waals surface area contributed by atoms with Crippen LogP contribution in [-0.4, -0.2) is 0 Å². The number of allylic oxidation sites excluding steroid dienone is 11. The van der Waals surface area contributed by atoms with Gasteiger partial charge in [-0.15, -0.1) is 0 Å². The van der Waals surface area contributed by atoms with Gasteiger partial charge < -0.3 is 0 Å². The van der Waals surface area contributed by atoms with Gasteiger partial charge in [-0.3, -0.25) is 0 Å². The first-order valence-electron chi connectivity index (χ1n) is 12.9. The summed E-state index contributed by atoms with van der Waals surface area (Å²) >= 11 is 0. The number of hydrogen-bond acceptors (Lipinski definition) is 0. The zero-order chi connectivity index (χ0) is 24.4. The van der Waals surface area contributed by atoms with Gasteiger partial charge >= 0.3 is 0 Å². The van der Waals surface area contributed by atoms with Crippen LogP contribution in [0.2, 0.25) is 0 Å². The minimum absolute atomic E-state index is 0.0527.